The van der Waals surface area contributed by atoms with E-state index in [9.17, 15) is 0 Å². The van der Waals surface area contributed by atoms with Crippen molar-refractivity contribution in [3.8, 4) is 28.9 Å². The second-order valence-electron chi connectivity index (χ2n) is 4.41. The van der Waals surface area contributed by atoms with E-state index < -0.39 is 0 Å². The zero-order valence-electron chi connectivity index (χ0n) is 12.1. The third-order valence-electron chi connectivity index (χ3n) is 2.96. The maximum atomic E-state index is 5.16. The Labute approximate surface area is 126 Å². The van der Waals surface area contributed by atoms with Gasteiger partial charge in [-0.15, -0.1) is 0 Å². The number of aromatic nitrogens is 4. The molecular formula is C14H14N4O4. The van der Waals surface area contributed by atoms with Crippen molar-refractivity contribution in [2.45, 2.75) is 6.42 Å². The summed E-state index contributed by atoms with van der Waals surface area (Å²) in [5.74, 6) is 2.10. The summed E-state index contributed by atoms with van der Waals surface area (Å²) in [5.41, 5.74) is 0.801. The van der Waals surface area contributed by atoms with Gasteiger partial charge in [0.05, 0.1) is 13.7 Å². The molecule has 8 nitrogen and oxygen atoms in total. The minimum Gasteiger partial charge on any atom is -0.497 e. The molecule has 0 aliphatic heterocycles. The molecule has 0 N–H and O–H groups in total. The molecule has 22 heavy (non-hydrogen) atoms. The predicted octanol–water partition coefficient (Wildman–Crippen LogP) is 1.98. The Hall–Kier alpha value is -2.74. The molecule has 0 atom stereocenters. The first-order valence-electron chi connectivity index (χ1n) is 6.60. The molecule has 0 aliphatic rings. The van der Waals surface area contributed by atoms with E-state index in [-0.39, 0.29) is 11.8 Å². The van der Waals surface area contributed by atoms with E-state index in [1.807, 2.05) is 24.3 Å². The molecular weight excluding hydrogens is 288 g/mol. The minimum atomic E-state index is 0.182. The van der Waals surface area contributed by atoms with Crippen LogP contribution in [-0.2, 0) is 11.2 Å². The fourth-order valence-electron chi connectivity index (χ4n) is 1.80. The SMILES string of the molecule is COCCc1noc(-c2nc(-c3ccc(OC)cc3)no2)n1. The van der Waals surface area contributed by atoms with Crippen LogP contribution in [-0.4, -0.2) is 41.1 Å². The molecule has 2 heterocycles. The van der Waals surface area contributed by atoms with E-state index in [4.69, 9.17) is 18.5 Å². The Bertz CT molecular complexity index is 735. The third-order valence-corrected chi connectivity index (χ3v) is 2.96. The van der Waals surface area contributed by atoms with E-state index in [2.05, 4.69) is 20.3 Å². The molecule has 0 saturated heterocycles. The summed E-state index contributed by atoms with van der Waals surface area (Å²) in [6.45, 7) is 0.514. The van der Waals surface area contributed by atoms with Crippen LogP contribution in [0.5, 0.6) is 5.75 Å². The average molecular weight is 302 g/mol. The molecule has 0 amide bonds. The highest BCUT2D eigenvalue weighted by atomic mass is 16.5. The molecule has 3 aromatic rings. The molecule has 0 aliphatic carbocycles. The van der Waals surface area contributed by atoms with Crippen LogP contribution < -0.4 is 4.74 Å². The Kier molecular flexibility index (Phi) is 4.10. The van der Waals surface area contributed by atoms with Gasteiger partial charge in [-0.3, -0.25) is 0 Å². The lowest BCUT2D eigenvalue weighted by Crippen LogP contribution is -1.96. The molecule has 0 fully saturated rings. The van der Waals surface area contributed by atoms with Crippen molar-refractivity contribution in [1.82, 2.24) is 20.3 Å². The number of hydrogen-bond acceptors (Lipinski definition) is 8. The Morgan fingerprint density at radius 1 is 0.955 bits per heavy atom. The molecule has 8 heteroatoms. The Balaban J connectivity index is 1.79. The van der Waals surface area contributed by atoms with Gasteiger partial charge in [0.1, 0.15) is 5.75 Å². The van der Waals surface area contributed by atoms with Crippen molar-refractivity contribution in [3.63, 3.8) is 0 Å². The predicted molar refractivity (Wildman–Crippen MR) is 75.2 cm³/mol. The summed E-state index contributed by atoms with van der Waals surface area (Å²) in [6, 6.07) is 7.32. The zero-order chi connectivity index (χ0) is 15.4. The fraction of sp³-hybridized carbons (Fsp3) is 0.286. The zero-order valence-corrected chi connectivity index (χ0v) is 12.1. The first kappa shape index (κ1) is 14.2. The van der Waals surface area contributed by atoms with Gasteiger partial charge in [0.2, 0.25) is 5.82 Å². The highest BCUT2D eigenvalue weighted by molar-refractivity contribution is 5.57. The molecule has 114 valence electrons. The summed E-state index contributed by atoms with van der Waals surface area (Å²) < 4.78 is 20.3. The smallest absolute Gasteiger partial charge is 0.316 e. The first-order chi connectivity index (χ1) is 10.8. The molecule has 0 radical (unpaired) electrons. The van der Waals surface area contributed by atoms with E-state index in [0.717, 1.165) is 11.3 Å². The second kappa shape index (κ2) is 6.35. The van der Waals surface area contributed by atoms with E-state index in [1.54, 1.807) is 14.2 Å². The normalized spacial score (nSPS) is 10.8. The van der Waals surface area contributed by atoms with Crippen LogP contribution in [0.25, 0.3) is 23.2 Å². The van der Waals surface area contributed by atoms with Gasteiger partial charge in [-0.1, -0.05) is 10.3 Å². The van der Waals surface area contributed by atoms with Crippen LogP contribution in [0.15, 0.2) is 33.3 Å². The molecule has 0 saturated carbocycles. The van der Waals surface area contributed by atoms with Crippen molar-refractivity contribution in [2.24, 2.45) is 0 Å². The lowest BCUT2D eigenvalue weighted by atomic mass is 10.2. The number of hydrogen-bond donors (Lipinski definition) is 0. The van der Waals surface area contributed by atoms with Crippen LogP contribution in [0.2, 0.25) is 0 Å². The van der Waals surface area contributed by atoms with Crippen LogP contribution >= 0.6 is 0 Å². The van der Waals surface area contributed by atoms with E-state index in [0.29, 0.717) is 24.7 Å². The van der Waals surface area contributed by atoms with Gasteiger partial charge in [0.25, 0.3) is 0 Å². The third kappa shape index (κ3) is 2.96. The molecule has 3 rings (SSSR count). The van der Waals surface area contributed by atoms with Gasteiger partial charge in [0, 0.05) is 19.1 Å². The van der Waals surface area contributed by atoms with Crippen LogP contribution in [0, 0.1) is 0 Å². The molecule has 0 unspecified atom stereocenters. The van der Waals surface area contributed by atoms with Crippen molar-refractivity contribution in [3.05, 3.63) is 30.1 Å². The second-order valence-corrected chi connectivity index (χ2v) is 4.41. The molecule has 0 bridgehead atoms. The van der Waals surface area contributed by atoms with Crippen molar-refractivity contribution >= 4 is 0 Å². The first-order valence-corrected chi connectivity index (χ1v) is 6.60. The maximum absolute atomic E-state index is 5.16. The summed E-state index contributed by atoms with van der Waals surface area (Å²) in [7, 11) is 3.22. The number of rotatable bonds is 6. The Morgan fingerprint density at radius 3 is 2.41 bits per heavy atom. The monoisotopic (exact) mass is 302 g/mol. The van der Waals surface area contributed by atoms with Gasteiger partial charge in [-0.05, 0) is 24.3 Å². The van der Waals surface area contributed by atoms with Crippen molar-refractivity contribution < 1.29 is 18.5 Å². The van der Waals surface area contributed by atoms with Crippen LogP contribution in [0.1, 0.15) is 5.82 Å². The van der Waals surface area contributed by atoms with Crippen LogP contribution in [0.3, 0.4) is 0 Å². The van der Waals surface area contributed by atoms with Crippen molar-refractivity contribution in [1.29, 1.82) is 0 Å². The number of nitrogens with zero attached hydrogens (tertiary/aromatic N) is 4. The Morgan fingerprint density at radius 2 is 1.68 bits per heavy atom. The summed E-state index contributed by atoms with van der Waals surface area (Å²) >= 11 is 0. The number of ether oxygens (including phenoxy) is 2. The van der Waals surface area contributed by atoms with Gasteiger partial charge >= 0.3 is 11.8 Å². The van der Waals surface area contributed by atoms with Gasteiger partial charge in [-0.25, -0.2) is 0 Å². The largest absolute Gasteiger partial charge is 0.497 e. The lowest BCUT2D eigenvalue weighted by molar-refractivity contribution is 0.199. The van der Waals surface area contributed by atoms with Gasteiger partial charge in [0.15, 0.2) is 5.82 Å². The topological polar surface area (TPSA) is 96.3 Å². The quantitative estimate of drug-likeness (QED) is 0.682. The molecule has 2 aromatic heterocycles. The highest BCUT2D eigenvalue weighted by Gasteiger charge is 2.17. The number of methoxy groups -OCH3 is 2. The highest BCUT2D eigenvalue weighted by Crippen LogP contribution is 2.23. The average Bonchev–Trinajstić information content (AvgIpc) is 3.22. The van der Waals surface area contributed by atoms with E-state index in [1.165, 1.54) is 0 Å². The number of benzene rings is 1. The van der Waals surface area contributed by atoms with Crippen LogP contribution in [0.4, 0.5) is 0 Å². The van der Waals surface area contributed by atoms with Crippen molar-refractivity contribution in [2.75, 3.05) is 20.8 Å². The molecule has 0 spiro atoms. The molecule has 1 aromatic carbocycles. The van der Waals surface area contributed by atoms with Gasteiger partial charge in [-0.2, -0.15) is 9.97 Å². The summed E-state index contributed by atoms with van der Waals surface area (Å²) in [6.07, 6.45) is 0.555. The maximum Gasteiger partial charge on any atom is 0.316 e. The van der Waals surface area contributed by atoms with E-state index >= 15 is 0 Å². The lowest BCUT2D eigenvalue weighted by Gasteiger charge is -1.98. The summed E-state index contributed by atoms with van der Waals surface area (Å²) in [5, 5.41) is 7.73. The van der Waals surface area contributed by atoms with Gasteiger partial charge < -0.3 is 18.5 Å². The fourth-order valence-corrected chi connectivity index (χ4v) is 1.80. The minimum absolute atomic E-state index is 0.182. The summed E-state index contributed by atoms with van der Waals surface area (Å²) in [4.78, 5) is 8.43. The standard InChI is InChI=1S/C14H14N4O4/c1-19-8-7-11-15-13(21-17-11)14-16-12(18-22-14)9-3-5-10(20-2)6-4-9/h3-6H,7-8H2,1-2H3.